The molecule has 0 aromatic heterocycles. The highest BCUT2D eigenvalue weighted by Crippen LogP contribution is 2.18. The average molecular weight is 1010 g/mol. The first-order chi connectivity index (χ1) is 35.5. The predicted octanol–water partition coefficient (Wildman–Crippen LogP) is 21.8. The summed E-state index contributed by atoms with van der Waals surface area (Å²) in [5, 5.41) is 0. The van der Waals surface area contributed by atoms with Crippen molar-refractivity contribution in [1.29, 1.82) is 0 Å². The van der Waals surface area contributed by atoms with Gasteiger partial charge in [-0.3, -0.25) is 14.4 Å². The standard InChI is InChI=1S/C66H124O6/c1-4-7-10-13-16-19-22-25-28-30-32-34-35-38-41-44-47-50-53-56-59-65(68)71-62-63(61-70-64(67)58-55-52-49-46-43-40-37-27-24-21-18-15-12-9-6-3)72-66(69)60-57-54-51-48-45-42-39-36-33-31-29-26-23-20-17-14-11-8-5-2/h26-27,29,37,63H,4-25,28,30-36,38-62H2,1-3H3/b29-26-,37-27-. The maximum absolute atomic E-state index is 12.9. The zero-order chi connectivity index (χ0) is 52.2. The maximum Gasteiger partial charge on any atom is 0.306 e. The molecule has 0 rings (SSSR count). The number of carbonyl (C=O) groups is 3. The molecule has 1 atom stereocenters. The van der Waals surface area contributed by atoms with E-state index in [4.69, 9.17) is 14.2 Å². The van der Waals surface area contributed by atoms with Crippen LogP contribution in [0.1, 0.15) is 361 Å². The van der Waals surface area contributed by atoms with Gasteiger partial charge >= 0.3 is 17.9 Å². The minimum atomic E-state index is -0.773. The van der Waals surface area contributed by atoms with Crippen LogP contribution in [0, 0.1) is 0 Å². The second-order valence-electron chi connectivity index (χ2n) is 22.0. The fourth-order valence-corrected chi connectivity index (χ4v) is 9.79. The van der Waals surface area contributed by atoms with Crippen LogP contribution in [0.2, 0.25) is 0 Å². The maximum atomic E-state index is 12.9. The Labute approximate surface area is 449 Å². The minimum absolute atomic E-state index is 0.0695. The molecule has 0 aliphatic heterocycles. The molecule has 0 spiro atoms. The summed E-state index contributed by atoms with van der Waals surface area (Å²) >= 11 is 0. The third-order valence-corrected chi connectivity index (χ3v) is 14.7. The number of unbranched alkanes of at least 4 members (excludes halogenated alkanes) is 45. The van der Waals surface area contributed by atoms with Gasteiger partial charge in [-0.25, -0.2) is 0 Å². The van der Waals surface area contributed by atoms with Crippen LogP contribution in [0.15, 0.2) is 24.3 Å². The lowest BCUT2D eigenvalue weighted by Crippen LogP contribution is -2.30. The Morgan fingerprint density at radius 2 is 0.458 bits per heavy atom. The van der Waals surface area contributed by atoms with Gasteiger partial charge in [0.15, 0.2) is 6.10 Å². The zero-order valence-electron chi connectivity index (χ0n) is 48.7. The van der Waals surface area contributed by atoms with Gasteiger partial charge < -0.3 is 14.2 Å². The van der Waals surface area contributed by atoms with Crippen molar-refractivity contribution in [1.82, 2.24) is 0 Å². The van der Waals surface area contributed by atoms with E-state index in [0.29, 0.717) is 19.3 Å². The Kier molecular flexibility index (Phi) is 59.6. The fourth-order valence-electron chi connectivity index (χ4n) is 9.79. The van der Waals surface area contributed by atoms with Crippen LogP contribution in [-0.2, 0) is 28.6 Å². The SMILES string of the molecule is CCCCCCCC/C=C\CCCCCCCCCCCC(=O)OC(COC(=O)CCCCCCC/C=C\CCCCCCCC)COC(=O)CCCCCCCCCCCCCCCCCCCCCC. The third-order valence-electron chi connectivity index (χ3n) is 14.7. The molecule has 0 saturated heterocycles. The molecule has 72 heavy (non-hydrogen) atoms. The highest BCUT2D eigenvalue weighted by Gasteiger charge is 2.19. The van der Waals surface area contributed by atoms with E-state index in [-0.39, 0.29) is 31.1 Å². The molecule has 0 bridgehead atoms. The number of carbonyl (C=O) groups excluding carboxylic acids is 3. The van der Waals surface area contributed by atoms with Gasteiger partial charge in [0.25, 0.3) is 0 Å². The first-order valence-corrected chi connectivity index (χ1v) is 32.3. The summed E-state index contributed by atoms with van der Waals surface area (Å²) in [5.41, 5.74) is 0. The number of rotatable bonds is 60. The molecule has 0 aliphatic rings. The van der Waals surface area contributed by atoms with Gasteiger partial charge in [0, 0.05) is 19.3 Å². The van der Waals surface area contributed by atoms with E-state index in [0.717, 1.165) is 64.2 Å². The molecule has 0 radical (unpaired) electrons. The Morgan fingerprint density at radius 3 is 0.694 bits per heavy atom. The van der Waals surface area contributed by atoms with Crippen molar-refractivity contribution in [3.63, 3.8) is 0 Å². The van der Waals surface area contributed by atoms with Gasteiger partial charge in [-0.1, -0.05) is 295 Å². The van der Waals surface area contributed by atoms with Gasteiger partial charge in [0.2, 0.25) is 0 Å². The zero-order valence-corrected chi connectivity index (χ0v) is 48.7. The highest BCUT2D eigenvalue weighted by molar-refractivity contribution is 5.71. The summed E-state index contributed by atoms with van der Waals surface area (Å²) in [5.74, 6) is -0.854. The van der Waals surface area contributed by atoms with Gasteiger partial charge in [-0.2, -0.15) is 0 Å². The van der Waals surface area contributed by atoms with Crippen LogP contribution in [0.25, 0.3) is 0 Å². The van der Waals surface area contributed by atoms with Crippen LogP contribution in [0.4, 0.5) is 0 Å². The molecule has 0 saturated carbocycles. The van der Waals surface area contributed by atoms with Crippen molar-refractivity contribution in [2.75, 3.05) is 13.2 Å². The Hall–Kier alpha value is -2.11. The second kappa shape index (κ2) is 61.4. The van der Waals surface area contributed by atoms with Crippen molar-refractivity contribution < 1.29 is 28.6 Å². The predicted molar refractivity (Wildman–Crippen MR) is 312 cm³/mol. The monoisotopic (exact) mass is 1010 g/mol. The second-order valence-corrected chi connectivity index (χ2v) is 22.0. The lowest BCUT2D eigenvalue weighted by molar-refractivity contribution is -0.167. The molecule has 0 N–H and O–H groups in total. The van der Waals surface area contributed by atoms with E-state index in [1.165, 1.54) is 257 Å². The quantitative estimate of drug-likeness (QED) is 0.0261. The van der Waals surface area contributed by atoms with E-state index in [1.54, 1.807) is 0 Å². The number of esters is 3. The highest BCUT2D eigenvalue weighted by atomic mass is 16.6. The molecule has 1 unspecified atom stereocenters. The summed E-state index contributed by atoms with van der Waals surface area (Å²) in [6.45, 7) is 6.69. The van der Waals surface area contributed by atoms with Crippen LogP contribution in [0.3, 0.4) is 0 Å². The topological polar surface area (TPSA) is 78.9 Å². The van der Waals surface area contributed by atoms with E-state index >= 15 is 0 Å². The van der Waals surface area contributed by atoms with Crippen LogP contribution in [0.5, 0.6) is 0 Å². The van der Waals surface area contributed by atoms with Gasteiger partial charge in [-0.15, -0.1) is 0 Å². The smallest absolute Gasteiger partial charge is 0.306 e. The first kappa shape index (κ1) is 69.9. The molecule has 6 heteroatoms. The van der Waals surface area contributed by atoms with E-state index in [2.05, 4.69) is 45.1 Å². The average Bonchev–Trinajstić information content (AvgIpc) is 3.38. The van der Waals surface area contributed by atoms with Crippen molar-refractivity contribution in [3.8, 4) is 0 Å². The number of hydrogen-bond donors (Lipinski definition) is 0. The van der Waals surface area contributed by atoms with Gasteiger partial charge in [-0.05, 0) is 70.6 Å². The van der Waals surface area contributed by atoms with E-state index in [9.17, 15) is 14.4 Å². The Balaban J connectivity index is 4.31. The fraction of sp³-hybridized carbons (Fsp3) is 0.894. The Morgan fingerprint density at radius 1 is 0.264 bits per heavy atom. The molecule has 424 valence electrons. The van der Waals surface area contributed by atoms with Crippen LogP contribution in [-0.4, -0.2) is 37.2 Å². The summed E-state index contributed by atoms with van der Waals surface area (Å²) < 4.78 is 16.9. The largest absolute Gasteiger partial charge is 0.462 e. The summed E-state index contributed by atoms with van der Waals surface area (Å²) in [6.07, 6.45) is 73.2. The number of ether oxygens (including phenoxy) is 3. The molecular formula is C66H124O6. The van der Waals surface area contributed by atoms with Crippen molar-refractivity contribution in [2.24, 2.45) is 0 Å². The normalized spacial score (nSPS) is 12.1. The molecule has 0 aromatic rings. The molecule has 0 aliphatic carbocycles. The van der Waals surface area contributed by atoms with Crippen LogP contribution >= 0.6 is 0 Å². The summed E-state index contributed by atoms with van der Waals surface area (Å²) in [7, 11) is 0. The van der Waals surface area contributed by atoms with Gasteiger partial charge in [0.1, 0.15) is 13.2 Å². The lowest BCUT2D eigenvalue weighted by Gasteiger charge is -2.18. The molecule has 0 amide bonds. The molecule has 6 nitrogen and oxygen atoms in total. The minimum Gasteiger partial charge on any atom is -0.462 e. The van der Waals surface area contributed by atoms with Gasteiger partial charge in [0.05, 0.1) is 0 Å². The summed E-state index contributed by atoms with van der Waals surface area (Å²) in [6, 6.07) is 0. The molecule has 0 aromatic carbocycles. The van der Waals surface area contributed by atoms with Crippen molar-refractivity contribution >= 4 is 17.9 Å². The number of allylic oxidation sites excluding steroid dienone is 4. The molecule has 0 heterocycles. The van der Waals surface area contributed by atoms with Crippen molar-refractivity contribution in [2.45, 2.75) is 367 Å². The van der Waals surface area contributed by atoms with E-state index in [1.807, 2.05) is 0 Å². The van der Waals surface area contributed by atoms with Crippen LogP contribution < -0.4 is 0 Å². The first-order valence-electron chi connectivity index (χ1n) is 32.3. The molecular weight excluding hydrogens is 889 g/mol. The Bertz CT molecular complexity index is 1160. The lowest BCUT2D eigenvalue weighted by atomic mass is 10.0. The summed E-state index contributed by atoms with van der Waals surface area (Å²) in [4.78, 5) is 38.3. The van der Waals surface area contributed by atoms with E-state index < -0.39 is 6.10 Å². The van der Waals surface area contributed by atoms with Crippen molar-refractivity contribution in [3.05, 3.63) is 24.3 Å². The third kappa shape index (κ3) is 58.8. The number of hydrogen-bond acceptors (Lipinski definition) is 6. The molecule has 0 fully saturated rings.